The van der Waals surface area contributed by atoms with Crippen molar-refractivity contribution in [1.82, 2.24) is 20.2 Å². The van der Waals surface area contributed by atoms with E-state index in [0.29, 0.717) is 11.6 Å². The molecule has 0 aliphatic heterocycles. The lowest BCUT2D eigenvalue weighted by molar-refractivity contribution is 0.344. The van der Waals surface area contributed by atoms with Gasteiger partial charge < -0.3 is 4.74 Å². The quantitative estimate of drug-likeness (QED) is 0.502. The Morgan fingerprint density at radius 2 is 2.04 bits per heavy atom. The Kier molecular flexibility index (Phi) is 5.15. The van der Waals surface area contributed by atoms with Crippen LogP contribution in [0.2, 0.25) is 5.02 Å². The van der Waals surface area contributed by atoms with Crippen molar-refractivity contribution in [3.63, 3.8) is 0 Å². The van der Waals surface area contributed by atoms with Gasteiger partial charge in [0.05, 0.1) is 12.3 Å². The smallest absolute Gasteiger partial charge is 0.214 e. The Balaban J connectivity index is 1.58. The number of benzene rings is 2. The van der Waals surface area contributed by atoms with Gasteiger partial charge in [-0.2, -0.15) is 4.68 Å². The van der Waals surface area contributed by atoms with Crippen LogP contribution in [0.15, 0.2) is 53.7 Å². The Hall–Kier alpha value is -2.05. The zero-order valence-corrected chi connectivity index (χ0v) is 14.1. The molecule has 0 aliphatic carbocycles. The molecule has 23 heavy (non-hydrogen) atoms. The summed E-state index contributed by atoms with van der Waals surface area (Å²) in [6, 6.07) is 15.4. The van der Waals surface area contributed by atoms with Gasteiger partial charge in [0.1, 0.15) is 5.75 Å². The number of hydrogen-bond acceptors (Lipinski definition) is 5. The molecule has 7 heteroatoms. The third-order valence-corrected chi connectivity index (χ3v) is 4.19. The van der Waals surface area contributed by atoms with E-state index < -0.39 is 0 Å². The number of hydrogen-bond donors (Lipinski definition) is 0. The fraction of sp³-hybridized carbons (Fsp3) is 0.188. The highest BCUT2D eigenvalue weighted by Crippen LogP contribution is 2.20. The van der Waals surface area contributed by atoms with Gasteiger partial charge in [-0.25, -0.2) is 0 Å². The monoisotopic (exact) mass is 346 g/mol. The number of nitrogens with zero attached hydrogens (tertiary/aromatic N) is 4. The summed E-state index contributed by atoms with van der Waals surface area (Å²) in [6.07, 6.45) is 0. The van der Waals surface area contributed by atoms with Crippen LogP contribution in [0.5, 0.6) is 5.75 Å². The van der Waals surface area contributed by atoms with Crippen LogP contribution in [0.3, 0.4) is 0 Å². The molecule has 3 aromatic rings. The number of aryl methyl sites for hydroxylation is 1. The van der Waals surface area contributed by atoms with Crippen molar-refractivity contribution in [3.8, 4) is 11.4 Å². The van der Waals surface area contributed by atoms with Crippen LogP contribution in [-0.2, 0) is 0 Å². The number of rotatable bonds is 6. The molecule has 118 valence electrons. The third kappa shape index (κ3) is 4.24. The standard InChI is InChI=1S/C16H15ClN4OS/c1-12-4-2-6-14(10-12)21-16(18-19-20-21)23-9-8-22-15-7-3-5-13(17)11-15/h2-7,10-11H,8-9H2,1H3. The molecule has 0 saturated carbocycles. The average Bonchev–Trinajstić information content (AvgIpc) is 3.00. The van der Waals surface area contributed by atoms with Gasteiger partial charge in [-0.3, -0.25) is 0 Å². The second-order valence-electron chi connectivity index (χ2n) is 4.87. The number of ether oxygens (including phenoxy) is 1. The van der Waals surface area contributed by atoms with E-state index in [1.54, 1.807) is 22.5 Å². The fourth-order valence-corrected chi connectivity index (χ4v) is 2.93. The molecule has 0 N–H and O–H groups in total. The highest BCUT2D eigenvalue weighted by molar-refractivity contribution is 7.99. The molecule has 0 saturated heterocycles. The molecular weight excluding hydrogens is 332 g/mol. The van der Waals surface area contributed by atoms with Crippen molar-refractivity contribution < 1.29 is 4.74 Å². The number of tetrazole rings is 1. The lowest BCUT2D eigenvalue weighted by Crippen LogP contribution is -2.03. The molecule has 0 unspecified atom stereocenters. The number of thioether (sulfide) groups is 1. The number of halogens is 1. The van der Waals surface area contributed by atoms with Crippen LogP contribution in [0.25, 0.3) is 5.69 Å². The maximum Gasteiger partial charge on any atom is 0.214 e. The molecule has 0 aliphatic rings. The van der Waals surface area contributed by atoms with Crippen LogP contribution in [-0.4, -0.2) is 32.6 Å². The van der Waals surface area contributed by atoms with Crippen molar-refractivity contribution >= 4 is 23.4 Å². The summed E-state index contributed by atoms with van der Waals surface area (Å²) in [6.45, 7) is 2.59. The van der Waals surface area contributed by atoms with E-state index in [4.69, 9.17) is 16.3 Å². The molecule has 2 aromatic carbocycles. The van der Waals surface area contributed by atoms with Crippen LogP contribution in [0.1, 0.15) is 5.56 Å². The zero-order valence-electron chi connectivity index (χ0n) is 12.5. The lowest BCUT2D eigenvalue weighted by Gasteiger charge is -2.07. The average molecular weight is 347 g/mol. The fourth-order valence-electron chi connectivity index (χ4n) is 2.04. The van der Waals surface area contributed by atoms with Gasteiger partial charge in [0.2, 0.25) is 5.16 Å². The van der Waals surface area contributed by atoms with Crippen LogP contribution in [0, 0.1) is 6.92 Å². The molecule has 1 heterocycles. The summed E-state index contributed by atoms with van der Waals surface area (Å²) < 4.78 is 7.40. The van der Waals surface area contributed by atoms with Gasteiger partial charge in [-0.15, -0.1) is 5.10 Å². The summed E-state index contributed by atoms with van der Waals surface area (Å²) in [5.41, 5.74) is 2.12. The molecule has 5 nitrogen and oxygen atoms in total. The molecule has 0 bridgehead atoms. The van der Waals surface area contributed by atoms with E-state index in [9.17, 15) is 0 Å². The van der Waals surface area contributed by atoms with Crippen molar-refractivity contribution in [3.05, 3.63) is 59.1 Å². The summed E-state index contributed by atoms with van der Waals surface area (Å²) in [4.78, 5) is 0. The van der Waals surface area contributed by atoms with E-state index >= 15 is 0 Å². The van der Waals surface area contributed by atoms with Crippen LogP contribution in [0.4, 0.5) is 0 Å². The third-order valence-electron chi connectivity index (χ3n) is 3.07. The predicted molar refractivity (Wildman–Crippen MR) is 91.6 cm³/mol. The van der Waals surface area contributed by atoms with E-state index in [1.807, 2.05) is 49.4 Å². The van der Waals surface area contributed by atoms with Crippen molar-refractivity contribution in [2.75, 3.05) is 12.4 Å². The molecule has 0 fully saturated rings. The lowest BCUT2D eigenvalue weighted by atomic mass is 10.2. The van der Waals surface area contributed by atoms with Crippen molar-refractivity contribution in [2.24, 2.45) is 0 Å². The predicted octanol–water partition coefficient (Wildman–Crippen LogP) is 3.80. The van der Waals surface area contributed by atoms with E-state index in [-0.39, 0.29) is 0 Å². The van der Waals surface area contributed by atoms with Gasteiger partial charge in [-0.05, 0) is 53.2 Å². The first-order valence-corrected chi connectivity index (χ1v) is 8.45. The Bertz CT molecular complexity index is 793. The molecule has 0 radical (unpaired) electrons. The minimum atomic E-state index is 0.547. The van der Waals surface area contributed by atoms with Gasteiger partial charge in [-0.1, -0.05) is 41.6 Å². The van der Waals surface area contributed by atoms with Crippen molar-refractivity contribution in [2.45, 2.75) is 12.1 Å². The maximum atomic E-state index is 5.93. The van der Waals surface area contributed by atoms with Gasteiger partial charge >= 0.3 is 0 Å². The van der Waals surface area contributed by atoms with E-state index in [2.05, 4.69) is 15.5 Å². The SMILES string of the molecule is Cc1cccc(-n2nnnc2SCCOc2cccc(Cl)c2)c1. The minimum Gasteiger partial charge on any atom is -0.493 e. The highest BCUT2D eigenvalue weighted by Gasteiger charge is 2.09. The van der Waals surface area contributed by atoms with E-state index in [1.165, 1.54) is 5.56 Å². The summed E-state index contributed by atoms with van der Waals surface area (Å²) in [7, 11) is 0. The Labute approximate surface area is 143 Å². The van der Waals surface area contributed by atoms with Crippen LogP contribution >= 0.6 is 23.4 Å². The van der Waals surface area contributed by atoms with Gasteiger partial charge in [0, 0.05) is 10.8 Å². The maximum absolute atomic E-state index is 5.93. The number of aromatic nitrogens is 4. The second kappa shape index (κ2) is 7.48. The first kappa shape index (κ1) is 15.8. The largest absolute Gasteiger partial charge is 0.493 e. The summed E-state index contributed by atoms with van der Waals surface area (Å²) in [5.74, 6) is 1.50. The Morgan fingerprint density at radius 1 is 1.17 bits per heavy atom. The molecule has 0 spiro atoms. The zero-order chi connectivity index (χ0) is 16.1. The van der Waals surface area contributed by atoms with Gasteiger partial charge in [0.25, 0.3) is 0 Å². The normalized spacial score (nSPS) is 10.7. The van der Waals surface area contributed by atoms with Crippen LogP contribution < -0.4 is 4.74 Å². The molecular formula is C16H15ClN4OS. The molecule has 3 rings (SSSR count). The highest BCUT2D eigenvalue weighted by atomic mass is 35.5. The van der Waals surface area contributed by atoms with E-state index in [0.717, 1.165) is 22.3 Å². The Morgan fingerprint density at radius 3 is 2.87 bits per heavy atom. The summed E-state index contributed by atoms with van der Waals surface area (Å²) in [5, 5.41) is 13.3. The topological polar surface area (TPSA) is 52.8 Å². The molecule has 0 atom stereocenters. The summed E-state index contributed by atoms with van der Waals surface area (Å²) >= 11 is 7.47. The molecule has 1 aromatic heterocycles. The minimum absolute atomic E-state index is 0.547. The first-order chi connectivity index (χ1) is 11.2. The molecule has 0 amide bonds. The second-order valence-corrected chi connectivity index (χ2v) is 6.37. The van der Waals surface area contributed by atoms with Gasteiger partial charge in [0.15, 0.2) is 0 Å². The first-order valence-electron chi connectivity index (χ1n) is 7.09. The van der Waals surface area contributed by atoms with Crippen molar-refractivity contribution in [1.29, 1.82) is 0 Å².